The zero-order valence-electron chi connectivity index (χ0n) is 18.3. The van der Waals surface area contributed by atoms with E-state index in [9.17, 15) is 9.59 Å². The number of rotatable bonds is 7. The highest BCUT2D eigenvalue weighted by molar-refractivity contribution is 5.96. The topological polar surface area (TPSA) is 83.6 Å². The fraction of sp³-hybridized carbons (Fsp3) is 0.542. The Morgan fingerprint density at radius 2 is 1.90 bits per heavy atom. The molecule has 7 nitrogen and oxygen atoms in total. The molecule has 2 N–H and O–H groups in total. The van der Waals surface area contributed by atoms with Crippen molar-refractivity contribution in [2.45, 2.75) is 58.0 Å². The van der Waals surface area contributed by atoms with Crippen LogP contribution < -0.4 is 15.5 Å². The number of anilines is 2. The van der Waals surface area contributed by atoms with Gasteiger partial charge in [0.2, 0.25) is 11.8 Å². The molecule has 2 fully saturated rings. The van der Waals surface area contributed by atoms with Crippen molar-refractivity contribution >= 4 is 34.2 Å². The molecule has 0 spiro atoms. The predicted molar refractivity (Wildman–Crippen MR) is 122 cm³/mol. The van der Waals surface area contributed by atoms with Crippen molar-refractivity contribution in [3.63, 3.8) is 0 Å². The molecule has 166 valence electrons. The first-order valence-electron chi connectivity index (χ1n) is 11.4. The number of ether oxygens (including phenoxy) is 1. The van der Waals surface area contributed by atoms with Crippen molar-refractivity contribution in [1.82, 2.24) is 10.3 Å². The zero-order valence-corrected chi connectivity index (χ0v) is 18.3. The highest BCUT2D eigenvalue weighted by Crippen LogP contribution is 2.27. The lowest BCUT2D eigenvalue weighted by molar-refractivity contribution is -0.124. The summed E-state index contributed by atoms with van der Waals surface area (Å²) >= 11 is 0. The summed E-state index contributed by atoms with van der Waals surface area (Å²) in [5.41, 5.74) is 2.81. The van der Waals surface area contributed by atoms with Gasteiger partial charge >= 0.3 is 0 Å². The number of carbonyl (C=O) groups is 2. The Morgan fingerprint density at radius 1 is 1.10 bits per heavy atom. The van der Waals surface area contributed by atoms with Crippen LogP contribution in [0.5, 0.6) is 0 Å². The van der Waals surface area contributed by atoms with Crippen LogP contribution in [0.4, 0.5) is 11.5 Å². The molecule has 3 heterocycles. The SMILES string of the molecule is Cc1cc(N2CCCCC2)nc2ccc(NC(=O)CCC(=O)NCC3CCCO3)cc12. The summed E-state index contributed by atoms with van der Waals surface area (Å²) in [5.74, 6) is 0.757. The highest BCUT2D eigenvalue weighted by Gasteiger charge is 2.17. The number of benzene rings is 1. The van der Waals surface area contributed by atoms with E-state index in [1.165, 1.54) is 19.3 Å². The van der Waals surface area contributed by atoms with Crippen LogP contribution in [0.3, 0.4) is 0 Å². The average molecular weight is 425 g/mol. The Balaban J connectivity index is 1.32. The van der Waals surface area contributed by atoms with Gasteiger partial charge in [0.1, 0.15) is 5.82 Å². The molecule has 1 aromatic heterocycles. The minimum atomic E-state index is -0.165. The van der Waals surface area contributed by atoms with Crippen molar-refractivity contribution in [2.24, 2.45) is 0 Å². The van der Waals surface area contributed by atoms with Gasteiger partial charge < -0.3 is 20.3 Å². The molecule has 4 rings (SSSR count). The van der Waals surface area contributed by atoms with Gasteiger partial charge in [-0.25, -0.2) is 4.98 Å². The Bertz CT molecular complexity index is 934. The van der Waals surface area contributed by atoms with Crippen LogP contribution in [0.1, 0.15) is 50.5 Å². The Hall–Kier alpha value is -2.67. The van der Waals surface area contributed by atoms with Crippen LogP contribution in [0.25, 0.3) is 10.9 Å². The van der Waals surface area contributed by atoms with E-state index < -0.39 is 0 Å². The third-order valence-corrected chi connectivity index (χ3v) is 6.10. The molecule has 31 heavy (non-hydrogen) atoms. The summed E-state index contributed by atoms with van der Waals surface area (Å²) in [6.45, 7) is 5.50. The Labute approximate surface area is 183 Å². The number of fused-ring (bicyclic) bond motifs is 1. The molecule has 2 amide bonds. The number of carbonyl (C=O) groups excluding carboxylic acids is 2. The number of amides is 2. The van der Waals surface area contributed by atoms with Crippen molar-refractivity contribution in [3.8, 4) is 0 Å². The molecule has 0 saturated carbocycles. The van der Waals surface area contributed by atoms with Crippen LogP contribution in [0, 0.1) is 6.92 Å². The molecule has 1 unspecified atom stereocenters. The number of hydrogen-bond acceptors (Lipinski definition) is 5. The normalized spacial score (nSPS) is 18.9. The lowest BCUT2D eigenvalue weighted by Gasteiger charge is -2.28. The number of nitrogens with zero attached hydrogens (tertiary/aromatic N) is 2. The summed E-state index contributed by atoms with van der Waals surface area (Å²) < 4.78 is 5.49. The van der Waals surface area contributed by atoms with E-state index in [-0.39, 0.29) is 30.8 Å². The monoisotopic (exact) mass is 424 g/mol. The fourth-order valence-corrected chi connectivity index (χ4v) is 4.31. The molecule has 1 atom stereocenters. The van der Waals surface area contributed by atoms with E-state index >= 15 is 0 Å². The van der Waals surface area contributed by atoms with Gasteiger partial charge in [-0.05, 0) is 68.9 Å². The summed E-state index contributed by atoms with van der Waals surface area (Å²) in [6, 6.07) is 7.94. The van der Waals surface area contributed by atoms with Crippen LogP contribution in [0.2, 0.25) is 0 Å². The van der Waals surface area contributed by atoms with Gasteiger partial charge in [0.05, 0.1) is 11.6 Å². The maximum Gasteiger partial charge on any atom is 0.224 e. The van der Waals surface area contributed by atoms with E-state index in [1.807, 2.05) is 18.2 Å². The number of hydrogen-bond donors (Lipinski definition) is 2. The van der Waals surface area contributed by atoms with Gasteiger partial charge in [-0.1, -0.05) is 0 Å². The number of pyridine rings is 1. The molecule has 2 aliphatic rings. The van der Waals surface area contributed by atoms with E-state index in [0.29, 0.717) is 6.54 Å². The third kappa shape index (κ3) is 5.73. The number of aromatic nitrogens is 1. The number of aryl methyl sites for hydroxylation is 1. The highest BCUT2D eigenvalue weighted by atomic mass is 16.5. The largest absolute Gasteiger partial charge is 0.376 e. The van der Waals surface area contributed by atoms with E-state index in [1.54, 1.807) is 0 Å². The summed E-state index contributed by atoms with van der Waals surface area (Å²) in [5, 5.41) is 6.80. The second-order valence-electron chi connectivity index (χ2n) is 8.56. The van der Waals surface area contributed by atoms with Gasteiger partial charge in [-0.3, -0.25) is 9.59 Å². The molecule has 2 aliphatic heterocycles. The van der Waals surface area contributed by atoms with Gasteiger partial charge in [0, 0.05) is 50.2 Å². The molecule has 2 aromatic rings. The number of piperidine rings is 1. The standard InChI is InChI=1S/C24H32N4O3/c1-17-14-22(28-11-3-2-4-12-28)27-21-8-7-18(15-20(17)21)26-24(30)10-9-23(29)25-16-19-6-5-13-31-19/h7-8,14-15,19H,2-6,9-13,16H2,1H3,(H,25,29)(H,26,30). The smallest absolute Gasteiger partial charge is 0.224 e. The Morgan fingerprint density at radius 3 is 2.68 bits per heavy atom. The quantitative estimate of drug-likeness (QED) is 0.710. The predicted octanol–water partition coefficient (Wildman–Crippen LogP) is 3.55. The van der Waals surface area contributed by atoms with Crippen LogP contribution in [-0.2, 0) is 14.3 Å². The molecule has 0 radical (unpaired) electrons. The third-order valence-electron chi connectivity index (χ3n) is 6.10. The first-order valence-corrected chi connectivity index (χ1v) is 11.4. The maximum absolute atomic E-state index is 12.3. The van der Waals surface area contributed by atoms with Crippen LogP contribution in [-0.4, -0.2) is 49.1 Å². The van der Waals surface area contributed by atoms with Gasteiger partial charge in [-0.15, -0.1) is 0 Å². The van der Waals surface area contributed by atoms with Crippen LogP contribution in [0.15, 0.2) is 24.3 Å². The van der Waals surface area contributed by atoms with E-state index in [0.717, 1.165) is 60.5 Å². The average Bonchev–Trinajstić information content (AvgIpc) is 3.31. The van der Waals surface area contributed by atoms with E-state index in [2.05, 4.69) is 28.5 Å². The fourth-order valence-electron chi connectivity index (χ4n) is 4.31. The van der Waals surface area contributed by atoms with Crippen molar-refractivity contribution in [1.29, 1.82) is 0 Å². The second-order valence-corrected chi connectivity index (χ2v) is 8.56. The second kappa shape index (κ2) is 10.1. The minimum Gasteiger partial charge on any atom is -0.376 e. The molecule has 0 bridgehead atoms. The van der Waals surface area contributed by atoms with Crippen molar-refractivity contribution in [2.75, 3.05) is 36.5 Å². The Kier molecular flexibility index (Phi) is 7.02. The molecular formula is C24H32N4O3. The van der Waals surface area contributed by atoms with Crippen molar-refractivity contribution in [3.05, 3.63) is 29.8 Å². The maximum atomic E-state index is 12.3. The molecular weight excluding hydrogens is 392 g/mol. The minimum absolute atomic E-state index is 0.114. The van der Waals surface area contributed by atoms with Gasteiger partial charge in [-0.2, -0.15) is 0 Å². The lowest BCUT2D eigenvalue weighted by atomic mass is 10.1. The molecule has 2 saturated heterocycles. The van der Waals surface area contributed by atoms with Gasteiger partial charge in [0.25, 0.3) is 0 Å². The zero-order chi connectivity index (χ0) is 21.6. The first-order chi connectivity index (χ1) is 15.1. The lowest BCUT2D eigenvalue weighted by Crippen LogP contribution is -2.32. The number of nitrogens with one attached hydrogen (secondary N) is 2. The van der Waals surface area contributed by atoms with Gasteiger partial charge in [0.15, 0.2) is 0 Å². The van der Waals surface area contributed by atoms with Crippen molar-refractivity contribution < 1.29 is 14.3 Å². The summed E-state index contributed by atoms with van der Waals surface area (Å²) in [7, 11) is 0. The first kappa shape index (κ1) is 21.6. The molecule has 7 heteroatoms. The molecule has 0 aliphatic carbocycles. The van der Waals surface area contributed by atoms with E-state index in [4.69, 9.17) is 9.72 Å². The summed E-state index contributed by atoms with van der Waals surface area (Å²) in [4.78, 5) is 31.5. The molecule has 1 aromatic carbocycles. The van der Waals surface area contributed by atoms with Crippen LogP contribution >= 0.6 is 0 Å². The summed E-state index contributed by atoms with van der Waals surface area (Å²) in [6.07, 6.45) is 6.20.